The largest absolute Gasteiger partial charge is 0.342 e. The van der Waals surface area contributed by atoms with Crippen LogP contribution in [0, 0.1) is 0 Å². The van der Waals surface area contributed by atoms with E-state index in [1.807, 2.05) is 0 Å². The Morgan fingerprint density at radius 3 is 2.78 bits per heavy atom. The van der Waals surface area contributed by atoms with Crippen LogP contribution in [0.3, 0.4) is 0 Å². The van der Waals surface area contributed by atoms with Crippen molar-refractivity contribution in [2.45, 2.75) is 12.8 Å². The molecule has 0 aromatic heterocycles. The van der Waals surface area contributed by atoms with E-state index in [0.717, 1.165) is 0 Å². The molecule has 0 heterocycles. The van der Waals surface area contributed by atoms with E-state index in [-0.39, 0.29) is 5.97 Å². The summed E-state index contributed by atoms with van der Waals surface area (Å²) in [5, 5.41) is 0. The third-order valence-electron chi connectivity index (χ3n) is 0.761. The normalized spacial score (nSPS) is 9.11. The Balaban J connectivity index is 3.06. The Bertz CT molecular complexity index is 84.3. The highest BCUT2D eigenvalue weighted by molar-refractivity contribution is 5.68. The summed E-state index contributed by atoms with van der Waals surface area (Å²) in [5.74, 6) is -0.372. The van der Waals surface area contributed by atoms with Gasteiger partial charge in [-0.15, -0.1) is 0 Å². The van der Waals surface area contributed by atoms with Crippen LogP contribution in [0.4, 0.5) is 0 Å². The number of hydrogen-bond donors (Lipinski definition) is 1. The molecule has 0 spiro atoms. The first-order valence-corrected chi connectivity index (χ1v) is 2.74. The highest BCUT2D eigenvalue weighted by Crippen LogP contribution is 1.89. The molecule has 4 nitrogen and oxygen atoms in total. The summed E-state index contributed by atoms with van der Waals surface area (Å²) in [6, 6.07) is 0. The van der Waals surface area contributed by atoms with Gasteiger partial charge in [-0.25, -0.2) is 4.79 Å². The van der Waals surface area contributed by atoms with Gasteiger partial charge in [0.05, 0.1) is 13.5 Å². The van der Waals surface area contributed by atoms with Gasteiger partial charge in [-0.05, 0) is 13.0 Å². The molecule has 9 heavy (non-hydrogen) atoms. The maximum Gasteiger partial charge on any atom is 0.342 e. The van der Waals surface area contributed by atoms with E-state index in [2.05, 4.69) is 9.78 Å². The van der Waals surface area contributed by atoms with E-state index >= 15 is 0 Å². The van der Waals surface area contributed by atoms with Crippen LogP contribution in [0.1, 0.15) is 12.8 Å². The lowest BCUT2D eigenvalue weighted by molar-refractivity contribution is -0.255. The van der Waals surface area contributed by atoms with Gasteiger partial charge in [-0.3, -0.25) is 4.89 Å². The molecule has 0 radical (unpaired) electrons. The van der Waals surface area contributed by atoms with Crippen molar-refractivity contribution < 1.29 is 14.6 Å². The van der Waals surface area contributed by atoms with Gasteiger partial charge >= 0.3 is 5.97 Å². The third kappa shape index (κ3) is 5.26. The van der Waals surface area contributed by atoms with Crippen molar-refractivity contribution in [1.29, 1.82) is 0 Å². The Kier molecular flexibility index (Phi) is 5.15. The van der Waals surface area contributed by atoms with Gasteiger partial charge in [0.1, 0.15) is 0 Å². The smallest absolute Gasteiger partial charge is 0.330 e. The number of rotatable bonds is 4. The monoisotopic (exact) mass is 133 g/mol. The van der Waals surface area contributed by atoms with Crippen LogP contribution >= 0.6 is 0 Å². The van der Waals surface area contributed by atoms with Crippen molar-refractivity contribution in [2.24, 2.45) is 5.73 Å². The fraction of sp³-hybridized carbons (Fsp3) is 0.800. The minimum absolute atomic E-state index is 0.324. The summed E-state index contributed by atoms with van der Waals surface area (Å²) in [6.07, 6.45) is 0.965. The highest BCUT2D eigenvalue weighted by atomic mass is 17.2. The second-order valence-electron chi connectivity index (χ2n) is 1.51. The summed E-state index contributed by atoms with van der Waals surface area (Å²) in [6.45, 7) is 0.499. The lowest BCUT2D eigenvalue weighted by atomic mass is 10.3. The van der Waals surface area contributed by atoms with Crippen LogP contribution in [0.25, 0.3) is 0 Å². The topological polar surface area (TPSA) is 61.5 Å². The van der Waals surface area contributed by atoms with Crippen molar-refractivity contribution in [3.63, 3.8) is 0 Å². The van der Waals surface area contributed by atoms with E-state index in [1.54, 1.807) is 0 Å². The Morgan fingerprint density at radius 1 is 1.67 bits per heavy atom. The molecule has 0 unspecified atom stereocenters. The van der Waals surface area contributed by atoms with E-state index in [9.17, 15) is 4.79 Å². The fourth-order valence-corrected chi connectivity index (χ4v) is 0.381. The summed E-state index contributed by atoms with van der Waals surface area (Å²) >= 11 is 0. The molecular formula is C5H11NO3. The van der Waals surface area contributed by atoms with Crippen molar-refractivity contribution in [3.05, 3.63) is 0 Å². The maximum atomic E-state index is 10.4. The predicted molar refractivity (Wildman–Crippen MR) is 31.4 cm³/mol. The first kappa shape index (κ1) is 8.39. The van der Waals surface area contributed by atoms with Crippen LogP contribution in [0.15, 0.2) is 0 Å². The molecule has 2 N–H and O–H groups in total. The molecule has 0 aromatic carbocycles. The molecule has 0 bridgehead atoms. The Hall–Kier alpha value is -0.610. The van der Waals surface area contributed by atoms with Crippen molar-refractivity contribution in [2.75, 3.05) is 13.7 Å². The van der Waals surface area contributed by atoms with Crippen LogP contribution in [0.5, 0.6) is 0 Å². The van der Waals surface area contributed by atoms with E-state index in [0.29, 0.717) is 19.4 Å². The second kappa shape index (κ2) is 5.53. The number of hydrogen-bond acceptors (Lipinski definition) is 4. The lowest BCUT2D eigenvalue weighted by Gasteiger charge is -1.96. The van der Waals surface area contributed by atoms with Crippen molar-refractivity contribution in [1.82, 2.24) is 0 Å². The third-order valence-corrected chi connectivity index (χ3v) is 0.761. The van der Waals surface area contributed by atoms with Gasteiger partial charge in [0.2, 0.25) is 0 Å². The molecule has 0 saturated carbocycles. The zero-order valence-electron chi connectivity index (χ0n) is 5.42. The maximum absolute atomic E-state index is 10.4. The summed E-state index contributed by atoms with van der Waals surface area (Å²) in [4.78, 5) is 18.7. The molecular weight excluding hydrogens is 122 g/mol. The second-order valence-corrected chi connectivity index (χ2v) is 1.51. The average molecular weight is 133 g/mol. The Labute approximate surface area is 53.9 Å². The summed E-state index contributed by atoms with van der Waals surface area (Å²) < 4.78 is 0. The number of carbonyl (C=O) groups excluding carboxylic acids is 1. The minimum Gasteiger partial charge on any atom is -0.330 e. The molecule has 0 aromatic rings. The number of carbonyl (C=O) groups is 1. The van der Waals surface area contributed by atoms with Crippen LogP contribution in [-0.2, 0) is 14.6 Å². The molecule has 0 aliphatic rings. The molecule has 0 aliphatic carbocycles. The van der Waals surface area contributed by atoms with Gasteiger partial charge in [-0.2, -0.15) is 4.89 Å². The van der Waals surface area contributed by atoms with Crippen molar-refractivity contribution >= 4 is 5.97 Å². The highest BCUT2D eigenvalue weighted by Gasteiger charge is 1.99. The lowest BCUT2D eigenvalue weighted by Crippen LogP contribution is -2.07. The molecule has 4 heteroatoms. The van der Waals surface area contributed by atoms with Gasteiger partial charge in [-0.1, -0.05) is 0 Å². The first-order valence-electron chi connectivity index (χ1n) is 2.74. The quantitative estimate of drug-likeness (QED) is 0.427. The summed E-state index contributed by atoms with van der Waals surface area (Å²) in [7, 11) is 1.29. The van der Waals surface area contributed by atoms with Crippen LogP contribution in [0.2, 0.25) is 0 Å². The zero-order chi connectivity index (χ0) is 7.11. The SMILES string of the molecule is COOC(=O)CCCN. The fourth-order valence-electron chi connectivity index (χ4n) is 0.381. The van der Waals surface area contributed by atoms with Gasteiger partial charge in [0, 0.05) is 0 Å². The molecule has 0 atom stereocenters. The minimum atomic E-state index is -0.372. The summed E-state index contributed by atoms with van der Waals surface area (Å²) in [5.41, 5.74) is 5.12. The molecule has 0 rings (SSSR count). The van der Waals surface area contributed by atoms with Gasteiger partial charge in [0.25, 0.3) is 0 Å². The molecule has 0 aliphatic heterocycles. The standard InChI is InChI=1S/C5H11NO3/c1-8-9-5(7)3-2-4-6/h2-4,6H2,1H3. The molecule has 0 amide bonds. The number of nitrogens with two attached hydrogens (primary N) is 1. The Morgan fingerprint density at radius 2 is 2.33 bits per heavy atom. The first-order chi connectivity index (χ1) is 4.31. The van der Waals surface area contributed by atoms with E-state index < -0.39 is 0 Å². The van der Waals surface area contributed by atoms with Gasteiger partial charge < -0.3 is 5.73 Å². The molecule has 0 saturated heterocycles. The van der Waals surface area contributed by atoms with Crippen LogP contribution in [-0.4, -0.2) is 19.6 Å². The van der Waals surface area contributed by atoms with Crippen LogP contribution < -0.4 is 5.73 Å². The molecule has 54 valence electrons. The zero-order valence-corrected chi connectivity index (χ0v) is 5.42. The predicted octanol–water partition coefficient (Wildman–Crippen LogP) is -0.170. The van der Waals surface area contributed by atoms with Gasteiger partial charge in [0.15, 0.2) is 0 Å². The average Bonchev–Trinajstić information content (AvgIpc) is 1.85. The van der Waals surface area contributed by atoms with E-state index in [1.165, 1.54) is 7.11 Å². The molecule has 0 fully saturated rings. The van der Waals surface area contributed by atoms with E-state index in [4.69, 9.17) is 5.73 Å². The van der Waals surface area contributed by atoms with Crippen molar-refractivity contribution in [3.8, 4) is 0 Å².